The topological polar surface area (TPSA) is 230 Å². The summed E-state index contributed by atoms with van der Waals surface area (Å²) in [4.78, 5) is 109. The van der Waals surface area contributed by atoms with E-state index in [1.54, 1.807) is 51.1 Å². The number of hydrogen-bond donors (Lipinski definition) is 5. The standard InChI is InChI=1S/C59H82N6O11/c1-13-36(5)51(63-53(67)40(9)61-59(74)75-34-47-45-29-20-18-27-43(45)44-28-19-21-30-46(44)47)38(7)23-22-24-39(8)58(73)76-49(31-35(3)4)54(68)60-41(10)55(69)65(12)48(32-42-25-16-15-17-26-42)56(70)64(11)33-50(66)62-52(57(71)72)37(6)14-2/h15-21,24-30,35-38,40-41,47-49,51-52H,13-14,22-23,31-34H2,1-12H3,(H,60,68)(H,61,74)(H,62,66)(H,63,67)(H,71,72)/b39-24+. The summed E-state index contributed by atoms with van der Waals surface area (Å²) in [5.74, 6) is -5.31. The van der Waals surface area contributed by atoms with E-state index in [0.29, 0.717) is 19.3 Å². The number of benzene rings is 3. The van der Waals surface area contributed by atoms with Gasteiger partial charge in [0, 0.05) is 38.0 Å². The number of esters is 1. The molecule has 0 aliphatic heterocycles. The Hall–Kier alpha value is -7.04. The first kappa shape index (κ1) is 61.5. The monoisotopic (exact) mass is 1050 g/mol. The van der Waals surface area contributed by atoms with Crippen LogP contribution in [0.25, 0.3) is 11.1 Å². The maximum Gasteiger partial charge on any atom is 0.407 e. The fourth-order valence-corrected chi connectivity index (χ4v) is 9.46. The molecule has 0 aromatic heterocycles. The van der Waals surface area contributed by atoms with Crippen LogP contribution in [0.15, 0.2) is 90.5 Å². The first-order chi connectivity index (χ1) is 36.0. The SMILES string of the molecule is CCC(C)C(NC(=O)CN(C)C(=O)C(Cc1ccccc1)N(C)C(=O)C(C)NC(=O)C(CC(C)C)OC(=O)/C(C)=C/CCC(C)C(NC(=O)C(C)NC(=O)OCC1c2ccccc2-c2ccccc21)C(C)CC)C(=O)O. The van der Waals surface area contributed by atoms with Crippen molar-refractivity contribution in [2.45, 2.75) is 150 Å². The number of ether oxygens (including phenoxy) is 2. The van der Waals surface area contributed by atoms with Crippen molar-refractivity contribution < 1.29 is 52.9 Å². The zero-order valence-corrected chi connectivity index (χ0v) is 46.5. The van der Waals surface area contributed by atoms with Crippen molar-refractivity contribution in [2.24, 2.45) is 23.7 Å². The average molecular weight is 1050 g/mol. The number of carboxylic acids is 1. The second kappa shape index (κ2) is 29.3. The summed E-state index contributed by atoms with van der Waals surface area (Å²) in [5.41, 5.74) is 5.41. The normalized spacial score (nSPS) is 15.7. The Labute approximate surface area is 449 Å². The van der Waals surface area contributed by atoms with Crippen molar-refractivity contribution in [2.75, 3.05) is 27.2 Å². The number of aliphatic carboxylic acids is 1. The zero-order chi connectivity index (χ0) is 56.4. The van der Waals surface area contributed by atoms with E-state index in [1.165, 1.54) is 25.9 Å². The van der Waals surface area contributed by atoms with Gasteiger partial charge < -0.3 is 45.6 Å². The molecule has 0 saturated heterocycles. The summed E-state index contributed by atoms with van der Waals surface area (Å²) < 4.78 is 11.5. The lowest BCUT2D eigenvalue weighted by Crippen LogP contribution is -2.56. The Morgan fingerprint density at radius 3 is 1.83 bits per heavy atom. The van der Waals surface area contributed by atoms with Crippen molar-refractivity contribution in [3.8, 4) is 11.1 Å². The number of likely N-dealkylation sites (N-methyl/N-ethyl adjacent to an activating group) is 2. The molecule has 0 saturated carbocycles. The minimum atomic E-state index is -1.25. The van der Waals surface area contributed by atoms with E-state index in [-0.39, 0.29) is 66.6 Å². The molecular formula is C59H82N6O11. The molecule has 4 rings (SSSR count). The lowest BCUT2D eigenvalue weighted by molar-refractivity contribution is -0.154. The largest absolute Gasteiger partial charge is 0.480 e. The molecule has 414 valence electrons. The van der Waals surface area contributed by atoms with Crippen LogP contribution >= 0.6 is 0 Å². The summed E-state index contributed by atoms with van der Waals surface area (Å²) in [6.45, 7) is 17.7. The van der Waals surface area contributed by atoms with Gasteiger partial charge in [-0.2, -0.15) is 0 Å². The van der Waals surface area contributed by atoms with Crippen LogP contribution in [0.4, 0.5) is 4.79 Å². The Balaban J connectivity index is 1.33. The molecule has 0 heterocycles. The average Bonchev–Trinajstić information content (AvgIpc) is 3.72. The molecule has 0 radical (unpaired) electrons. The number of carboxylic acid groups (broad SMARTS) is 1. The van der Waals surface area contributed by atoms with Crippen LogP contribution in [-0.2, 0) is 49.5 Å². The van der Waals surface area contributed by atoms with E-state index in [2.05, 4.69) is 40.3 Å². The Morgan fingerprint density at radius 1 is 0.684 bits per heavy atom. The van der Waals surface area contributed by atoms with Gasteiger partial charge in [0.15, 0.2) is 6.10 Å². The molecule has 9 unspecified atom stereocenters. The van der Waals surface area contributed by atoms with Gasteiger partial charge >= 0.3 is 18.0 Å². The first-order valence-corrected chi connectivity index (χ1v) is 26.7. The van der Waals surface area contributed by atoms with Crippen LogP contribution in [0.5, 0.6) is 0 Å². The summed E-state index contributed by atoms with van der Waals surface area (Å²) >= 11 is 0. The molecule has 3 aromatic rings. The number of carbonyl (C=O) groups is 8. The van der Waals surface area contributed by atoms with E-state index in [9.17, 15) is 43.5 Å². The highest BCUT2D eigenvalue weighted by Crippen LogP contribution is 2.44. The maximum absolute atomic E-state index is 14.0. The molecule has 17 nitrogen and oxygen atoms in total. The van der Waals surface area contributed by atoms with Crippen molar-refractivity contribution in [1.82, 2.24) is 31.1 Å². The molecular weight excluding hydrogens is 969 g/mol. The number of rotatable bonds is 28. The van der Waals surface area contributed by atoms with Gasteiger partial charge in [0.05, 0.1) is 6.54 Å². The number of hydrogen-bond acceptors (Lipinski definition) is 10. The summed E-state index contributed by atoms with van der Waals surface area (Å²) in [5, 5.41) is 20.7. The predicted molar refractivity (Wildman–Crippen MR) is 292 cm³/mol. The second-order valence-electron chi connectivity index (χ2n) is 20.9. The number of carbonyl (C=O) groups excluding carboxylic acids is 7. The Morgan fingerprint density at radius 2 is 1.26 bits per heavy atom. The predicted octanol–water partition coefficient (Wildman–Crippen LogP) is 7.41. The van der Waals surface area contributed by atoms with Crippen LogP contribution in [-0.4, -0.2) is 126 Å². The van der Waals surface area contributed by atoms with E-state index in [0.717, 1.165) is 39.1 Å². The lowest BCUT2D eigenvalue weighted by atomic mass is 9.85. The van der Waals surface area contributed by atoms with Gasteiger partial charge in [-0.25, -0.2) is 14.4 Å². The number of alkyl carbamates (subject to hydrolysis) is 1. The van der Waals surface area contributed by atoms with Gasteiger partial charge in [0.1, 0.15) is 30.8 Å². The third kappa shape index (κ3) is 17.2. The summed E-state index contributed by atoms with van der Waals surface area (Å²) in [6.07, 6.45) is 2.38. The van der Waals surface area contributed by atoms with Crippen molar-refractivity contribution in [3.63, 3.8) is 0 Å². The molecule has 6 amide bonds. The first-order valence-electron chi connectivity index (χ1n) is 26.7. The third-order valence-electron chi connectivity index (χ3n) is 14.5. The van der Waals surface area contributed by atoms with Gasteiger partial charge in [-0.05, 0) is 91.5 Å². The van der Waals surface area contributed by atoms with Crippen LogP contribution < -0.4 is 21.3 Å². The molecule has 5 N–H and O–H groups in total. The number of nitrogens with one attached hydrogen (secondary N) is 4. The van der Waals surface area contributed by atoms with E-state index >= 15 is 0 Å². The fraction of sp³-hybridized carbons (Fsp3) is 0.525. The highest BCUT2D eigenvalue weighted by molar-refractivity contribution is 5.95. The number of allylic oxidation sites excluding steroid dienone is 1. The highest BCUT2D eigenvalue weighted by Gasteiger charge is 2.36. The van der Waals surface area contributed by atoms with Crippen LogP contribution in [0.2, 0.25) is 0 Å². The molecule has 3 aromatic carbocycles. The minimum absolute atomic E-state index is 0.0363. The molecule has 0 bridgehead atoms. The van der Waals surface area contributed by atoms with Crippen molar-refractivity contribution >= 4 is 47.6 Å². The van der Waals surface area contributed by atoms with E-state index < -0.39 is 78.5 Å². The lowest BCUT2D eigenvalue weighted by Gasteiger charge is -2.33. The quantitative estimate of drug-likeness (QED) is 0.0355. The fourth-order valence-electron chi connectivity index (χ4n) is 9.46. The van der Waals surface area contributed by atoms with E-state index in [4.69, 9.17) is 9.47 Å². The van der Waals surface area contributed by atoms with Crippen LogP contribution in [0, 0.1) is 23.7 Å². The summed E-state index contributed by atoms with van der Waals surface area (Å²) in [7, 11) is 2.83. The van der Waals surface area contributed by atoms with Crippen molar-refractivity contribution in [1.29, 1.82) is 0 Å². The third-order valence-corrected chi connectivity index (χ3v) is 14.5. The minimum Gasteiger partial charge on any atom is -0.480 e. The maximum atomic E-state index is 14.0. The molecule has 9 atom stereocenters. The molecule has 0 fully saturated rings. The molecule has 0 spiro atoms. The number of nitrogens with zero attached hydrogens (tertiary/aromatic N) is 2. The highest BCUT2D eigenvalue weighted by atomic mass is 16.6. The Bertz CT molecular complexity index is 2470. The van der Waals surface area contributed by atoms with Crippen LogP contribution in [0.1, 0.15) is 124 Å². The molecule has 1 aliphatic rings. The van der Waals surface area contributed by atoms with Gasteiger partial charge in [-0.3, -0.25) is 24.0 Å². The zero-order valence-electron chi connectivity index (χ0n) is 46.5. The van der Waals surface area contributed by atoms with Gasteiger partial charge in [0.25, 0.3) is 5.91 Å². The molecule has 76 heavy (non-hydrogen) atoms. The smallest absolute Gasteiger partial charge is 0.407 e. The van der Waals surface area contributed by atoms with Crippen molar-refractivity contribution in [3.05, 3.63) is 107 Å². The Kier molecular flexibility index (Phi) is 23.7. The van der Waals surface area contributed by atoms with Gasteiger partial charge in [-0.1, -0.05) is 146 Å². The van der Waals surface area contributed by atoms with Gasteiger partial charge in [-0.15, -0.1) is 0 Å². The van der Waals surface area contributed by atoms with E-state index in [1.807, 2.05) is 77.1 Å². The number of amides is 6. The molecule has 1 aliphatic carbocycles. The number of fused-ring (bicyclic) bond motifs is 3. The second-order valence-corrected chi connectivity index (χ2v) is 20.9. The summed E-state index contributed by atoms with van der Waals surface area (Å²) in [6, 6.07) is 20.6. The molecule has 17 heteroatoms. The van der Waals surface area contributed by atoms with Gasteiger partial charge in [0.2, 0.25) is 23.6 Å². The van der Waals surface area contributed by atoms with Crippen LogP contribution in [0.3, 0.4) is 0 Å².